The molecule has 0 radical (unpaired) electrons. The highest BCUT2D eigenvalue weighted by atomic mass is 16.3. The second kappa shape index (κ2) is 8.14. The van der Waals surface area contributed by atoms with Gasteiger partial charge in [0.05, 0.1) is 0 Å². The van der Waals surface area contributed by atoms with Crippen LogP contribution in [0.4, 0.5) is 0 Å². The van der Waals surface area contributed by atoms with Gasteiger partial charge < -0.3 is 10.0 Å². The summed E-state index contributed by atoms with van der Waals surface area (Å²) in [5, 5.41) is 9.42. The zero-order valence-corrected chi connectivity index (χ0v) is 15.5. The summed E-state index contributed by atoms with van der Waals surface area (Å²) in [7, 11) is 0. The van der Waals surface area contributed by atoms with Crippen LogP contribution in [0.15, 0.2) is 59.5 Å². The molecule has 0 aliphatic rings. The highest BCUT2D eigenvalue weighted by Crippen LogP contribution is 2.12. The Labute approximate surface area is 157 Å². The van der Waals surface area contributed by atoms with E-state index in [4.69, 9.17) is 0 Å². The van der Waals surface area contributed by atoms with E-state index in [2.05, 4.69) is 4.98 Å². The first-order valence-corrected chi connectivity index (χ1v) is 8.92. The Hall–Kier alpha value is -2.99. The number of nitrogens with zero attached hydrogens (tertiary/aromatic N) is 3. The molecule has 6 nitrogen and oxygen atoms in total. The first-order valence-electron chi connectivity index (χ1n) is 8.92. The van der Waals surface area contributed by atoms with Crippen LogP contribution in [0, 0.1) is 12.8 Å². The number of carbonyl (C=O) groups is 1. The molecule has 140 valence electrons. The largest absolute Gasteiger partial charge is 0.396 e. The van der Waals surface area contributed by atoms with Crippen molar-refractivity contribution in [2.24, 2.45) is 5.92 Å². The Morgan fingerprint density at radius 2 is 1.93 bits per heavy atom. The van der Waals surface area contributed by atoms with Gasteiger partial charge in [-0.3, -0.25) is 14.0 Å². The van der Waals surface area contributed by atoms with E-state index in [9.17, 15) is 14.7 Å². The maximum atomic E-state index is 13.2. The second-order valence-corrected chi connectivity index (χ2v) is 6.80. The molecule has 2 heterocycles. The third-order valence-electron chi connectivity index (χ3n) is 4.50. The summed E-state index contributed by atoms with van der Waals surface area (Å²) in [6.07, 6.45) is 1.35. The molecule has 27 heavy (non-hydrogen) atoms. The van der Waals surface area contributed by atoms with Gasteiger partial charge in [0.1, 0.15) is 11.2 Å². The zero-order chi connectivity index (χ0) is 19.4. The fourth-order valence-electron chi connectivity index (χ4n) is 3.05. The van der Waals surface area contributed by atoms with E-state index in [0.717, 1.165) is 11.3 Å². The molecule has 0 saturated carbocycles. The van der Waals surface area contributed by atoms with Crippen molar-refractivity contribution >= 4 is 11.6 Å². The van der Waals surface area contributed by atoms with E-state index in [0.29, 0.717) is 18.7 Å². The number of hydrogen-bond acceptors (Lipinski definition) is 4. The first kappa shape index (κ1) is 18.8. The van der Waals surface area contributed by atoms with Gasteiger partial charge in [-0.1, -0.05) is 43.3 Å². The van der Waals surface area contributed by atoms with Crippen molar-refractivity contribution < 1.29 is 9.90 Å². The lowest BCUT2D eigenvalue weighted by atomic mass is 10.1. The van der Waals surface area contributed by atoms with Crippen LogP contribution in [-0.4, -0.2) is 38.4 Å². The number of pyridine rings is 1. The van der Waals surface area contributed by atoms with Crippen molar-refractivity contribution in [2.45, 2.75) is 20.4 Å². The Kier molecular flexibility index (Phi) is 5.66. The monoisotopic (exact) mass is 365 g/mol. The summed E-state index contributed by atoms with van der Waals surface area (Å²) in [6, 6.07) is 14.9. The van der Waals surface area contributed by atoms with Crippen LogP contribution in [0.5, 0.6) is 0 Å². The minimum absolute atomic E-state index is 0.0304. The van der Waals surface area contributed by atoms with Crippen molar-refractivity contribution in [1.29, 1.82) is 0 Å². The van der Waals surface area contributed by atoms with E-state index in [1.54, 1.807) is 24.0 Å². The van der Waals surface area contributed by atoms with Gasteiger partial charge in [0, 0.05) is 31.6 Å². The average molecular weight is 365 g/mol. The molecule has 2 aromatic heterocycles. The summed E-state index contributed by atoms with van der Waals surface area (Å²) in [5.74, 6) is -0.482. The van der Waals surface area contributed by atoms with Gasteiger partial charge in [-0.2, -0.15) is 0 Å². The number of fused-ring (bicyclic) bond motifs is 1. The number of amides is 1. The van der Waals surface area contributed by atoms with Crippen LogP contribution < -0.4 is 5.56 Å². The van der Waals surface area contributed by atoms with Gasteiger partial charge >= 0.3 is 0 Å². The lowest BCUT2D eigenvalue weighted by molar-refractivity contribution is 0.0692. The molecule has 0 aliphatic heterocycles. The molecule has 0 fully saturated rings. The standard InChI is InChI=1S/C21H23N3O3/c1-15(14-25)12-23(13-17-8-4-3-5-9-17)20(26)18-11-22-19-10-6-7-16(2)24(19)21(18)27/h3-11,15,25H,12-14H2,1-2H3/t15-/m1/s1. The second-order valence-electron chi connectivity index (χ2n) is 6.80. The fraction of sp³-hybridized carbons (Fsp3) is 0.286. The third-order valence-corrected chi connectivity index (χ3v) is 4.50. The van der Waals surface area contributed by atoms with Crippen molar-refractivity contribution in [3.63, 3.8) is 0 Å². The quantitative estimate of drug-likeness (QED) is 0.727. The number of aryl methyl sites for hydroxylation is 1. The van der Waals surface area contributed by atoms with Crippen LogP contribution in [0.1, 0.15) is 28.5 Å². The number of hydrogen-bond donors (Lipinski definition) is 1. The molecule has 0 aliphatic carbocycles. The number of rotatable bonds is 6. The van der Waals surface area contributed by atoms with Gasteiger partial charge in [0.2, 0.25) is 0 Å². The fourth-order valence-corrected chi connectivity index (χ4v) is 3.05. The normalized spacial score (nSPS) is 12.1. The van der Waals surface area contributed by atoms with Crippen LogP contribution in [0.2, 0.25) is 0 Å². The summed E-state index contributed by atoms with van der Waals surface area (Å²) < 4.78 is 1.45. The minimum Gasteiger partial charge on any atom is -0.396 e. The SMILES string of the molecule is Cc1cccc2ncc(C(=O)N(Cc3ccccc3)C[C@@H](C)CO)c(=O)n12. The van der Waals surface area contributed by atoms with Crippen LogP contribution >= 0.6 is 0 Å². The van der Waals surface area contributed by atoms with E-state index in [1.165, 1.54) is 10.6 Å². The van der Waals surface area contributed by atoms with Gasteiger partial charge in [0.15, 0.2) is 0 Å². The summed E-state index contributed by atoms with van der Waals surface area (Å²) >= 11 is 0. The molecule has 0 unspecified atom stereocenters. The smallest absolute Gasteiger partial charge is 0.270 e. The lowest BCUT2D eigenvalue weighted by Crippen LogP contribution is -2.39. The van der Waals surface area contributed by atoms with E-state index in [-0.39, 0.29) is 29.6 Å². The molecule has 6 heteroatoms. The Balaban J connectivity index is 2.00. The number of aliphatic hydroxyl groups excluding tert-OH is 1. The van der Waals surface area contributed by atoms with Crippen molar-refractivity contribution in [2.75, 3.05) is 13.2 Å². The van der Waals surface area contributed by atoms with E-state index >= 15 is 0 Å². The first-order chi connectivity index (χ1) is 13.0. The summed E-state index contributed by atoms with van der Waals surface area (Å²) in [6.45, 7) is 4.34. The van der Waals surface area contributed by atoms with Crippen molar-refractivity contribution in [3.8, 4) is 0 Å². The summed E-state index contributed by atoms with van der Waals surface area (Å²) in [5.41, 5.74) is 1.84. The maximum Gasteiger partial charge on any atom is 0.270 e. The molecular weight excluding hydrogens is 342 g/mol. The highest BCUT2D eigenvalue weighted by Gasteiger charge is 2.22. The number of aliphatic hydroxyl groups is 1. The van der Waals surface area contributed by atoms with Crippen LogP contribution in [0.3, 0.4) is 0 Å². The number of aromatic nitrogens is 2. The van der Waals surface area contributed by atoms with Crippen LogP contribution in [-0.2, 0) is 6.54 Å². The zero-order valence-electron chi connectivity index (χ0n) is 15.5. The van der Waals surface area contributed by atoms with Gasteiger partial charge in [-0.05, 0) is 30.5 Å². The topological polar surface area (TPSA) is 74.9 Å². The Morgan fingerprint density at radius 1 is 1.19 bits per heavy atom. The average Bonchev–Trinajstić information content (AvgIpc) is 2.68. The van der Waals surface area contributed by atoms with Crippen molar-refractivity contribution in [3.05, 3.63) is 81.9 Å². The number of benzene rings is 1. The molecule has 1 aromatic carbocycles. The van der Waals surface area contributed by atoms with E-state index < -0.39 is 0 Å². The third kappa shape index (κ3) is 4.06. The molecule has 1 atom stereocenters. The Morgan fingerprint density at radius 3 is 2.63 bits per heavy atom. The molecule has 1 amide bonds. The van der Waals surface area contributed by atoms with E-state index in [1.807, 2.05) is 43.3 Å². The summed E-state index contributed by atoms with van der Waals surface area (Å²) in [4.78, 5) is 32.0. The maximum absolute atomic E-state index is 13.2. The minimum atomic E-state index is -0.380. The van der Waals surface area contributed by atoms with Crippen molar-refractivity contribution in [1.82, 2.24) is 14.3 Å². The lowest BCUT2D eigenvalue weighted by Gasteiger charge is -2.25. The Bertz CT molecular complexity index is 998. The number of carbonyl (C=O) groups excluding carboxylic acids is 1. The highest BCUT2D eigenvalue weighted by molar-refractivity contribution is 5.93. The predicted octanol–water partition coefficient (Wildman–Crippen LogP) is 2.27. The molecule has 0 spiro atoms. The predicted molar refractivity (Wildman–Crippen MR) is 104 cm³/mol. The van der Waals surface area contributed by atoms with Gasteiger partial charge in [0.25, 0.3) is 11.5 Å². The van der Waals surface area contributed by atoms with Gasteiger partial charge in [-0.25, -0.2) is 4.98 Å². The van der Waals surface area contributed by atoms with Gasteiger partial charge in [-0.15, -0.1) is 0 Å². The molecule has 0 bridgehead atoms. The van der Waals surface area contributed by atoms with Crippen LogP contribution in [0.25, 0.3) is 5.65 Å². The molecule has 1 N–H and O–H groups in total. The molecule has 0 saturated heterocycles. The molecule has 3 aromatic rings. The molecule has 3 rings (SSSR count). The molecular formula is C21H23N3O3.